The number of benzene rings is 2. The van der Waals surface area contributed by atoms with E-state index in [1.807, 2.05) is 32.0 Å². The molecule has 2 rings (SSSR count). The SMILES string of the molecule is Cc1ccc(CSCCNC(=O)CCCN(c2cc(C)ccc2C)S(C)(=O)=O)cc1. The van der Waals surface area contributed by atoms with E-state index in [0.29, 0.717) is 31.6 Å². The zero-order valence-corrected chi connectivity index (χ0v) is 19.9. The van der Waals surface area contributed by atoms with Gasteiger partial charge in [0.25, 0.3) is 0 Å². The quantitative estimate of drug-likeness (QED) is 0.523. The summed E-state index contributed by atoms with van der Waals surface area (Å²) in [6.07, 6.45) is 1.99. The van der Waals surface area contributed by atoms with Crippen molar-refractivity contribution in [1.29, 1.82) is 0 Å². The van der Waals surface area contributed by atoms with Crippen LogP contribution < -0.4 is 9.62 Å². The lowest BCUT2D eigenvalue weighted by molar-refractivity contribution is -0.121. The highest BCUT2D eigenvalue weighted by Gasteiger charge is 2.19. The number of aryl methyl sites for hydroxylation is 3. The monoisotopic (exact) mass is 448 g/mol. The van der Waals surface area contributed by atoms with E-state index in [1.54, 1.807) is 11.8 Å². The molecule has 0 fully saturated rings. The number of nitrogens with one attached hydrogen (secondary N) is 1. The van der Waals surface area contributed by atoms with Crippen LogP contribution in [-0.2, 0) is 20.6 Å². The van der Waals surface area contributed by atoms with Gasteiger partial charge in [0.2, 0.25) is 15.9 Å². The van der Waals surface area contributed by atoms with Crippen molar-refractivity contribution in [1.82, 2.24) is 5.32 Å². The fourth-order valence-electron chi connectivity index (χ4n) is 3.06. The average Bonchev–Trinajstić information content (AvgIpc) is 2.67. The highest BCUT2D eigenvalue weighted by atomic mass is 32.2. The van der Waals surface area contributed by atoms with Crippen LogP contribution in [0.5, 0.6) is 0 Å². The summed E-state index contributed by atoms with van der Waals surface area (Å²) in [5.74, 6) is 1.73. The number of anilines is 1. The van der Waals surface area contributed by atoms with Crippen LogP contribution in [0.25, 0.3) is 0 Å². The molecule has 0 atom stereocenters. The fraction of sp³-hybridized carbons (Fsp3) is 0.435. The van der Waals surface area contributed by atoms with E-state index >= 15 is 0 Å². The third-order valence-corrected chi connectivity index (χ3v) is 6.97. The Morgan fingerprint density at radius 1 is 1.03 bits per heavy atom. The number of amides is 1. The van der Waals surface area contributed by atoms with Crippen LogP contribution in [0, 0.1) is 20.8 Å². The summed E-state index contributed by atoms with van der Waals surface area (Å²) in [5.41, 5.74) is 5.13. The van der Waals surface area contributed by atoms with Crippen molar-refractivity contribution < 1.29 is 13.2 Å². The third kappa shape index (κ3) is 8.03. The predicted molar refractivity (Wildman–Crippen MR) is 128 cm³/mol. The highest BCUT2D eigenvalue weighted by Crippen LogP contribution is 2.24. The Bertz CT molecular complexity index is 941. The standard InChI is InChI=1S/C23H32N2O3S2/c1-18-8-11-21(12-9-18)17-29-15-13-24-23(26)6-5-14-25(30(4,27)28)22-16-19(2)7-10-20(22)3/h7-12,16H,5-6,13-15,17H2,1-4H3,(H,24,26). The van der Waals surface area contributed by atoms with Crippen molar-refractivity contribution in [3.63, 3.8) is 0 Å². The van der Waals surface area contributed by atoms with Crippen LogP contribution in [-0.4, -0.2) is 39.4 Å². The van der Waals surface area contributed by atoms with E-state index in [1.165, 1.54) is 21.7 Å². The number of rotatable bonds is 11. The predicted octanol–water partition coefficient (Wildman–Crippen LogP) is 4.21. The molecule has 0 bridgehead atoms. The molecule has 0 saturated heterocycles. The number of carbonyl (C=O) groups is 1. The van der Waals surface area contributed by atoms with Gasteiger partial charge in [-0.2, -0.15) is 11.8 Å². The summed E-state index contributed by atoms with van der Waals surface area (Å²) in [4.78, 5) is 12.1. The minimum absolute atomic E-state index is 0.0413. The van der Waals surface area contributed by atoms with E-state index in [2.05, 4.69) is 36.5 Å². The zero-order chi connectivity index (χ0) is 22.1. The molecule has 2 aromatic carbocycles. The molecule has 0 spiro atoms. The first-order chi connectivity index (χ1) is 14.2. The van der Waals surface area contributed by atoms with Gasteiger partial charge in [-0.05, 0) is 49.9 Å². The second kappa shape index (κ2) is 11.4. The van der Waals surface area contributed by atoms with Crippen molar-refractivity contribution in [2.24, 2.45) is 0 Å². The number of hydrogen-bond acceptors (Lipinski definition) is 4. The van der Waals surface area contributed by atoms with Gasteiger partial charge in [-0.25, -0.2) is 8.42 Å². The minimum Gasteiger partial charge on any atom is -0.355 e. The van der Waals surface area contributed by atoms with Crippen molar-refractivity contribution in [3.05, 3.63) is 64.7 Å². The minimum atomic E-state index is -3.41. The largest absolute Gasteiger partial charge is 0.355 e. The second-order valence-electron chi connectivity index (χ2n) is 7.62. The smallest absolute Gasteiger partial charge is 0.232 e. The van der Waals surface area contributed by atoms with Crippen LogP contribution in [0.15, 0.2) is 42.5 Å². The molecule has 1 amide bonds. The van der Waals surface area contributed by atoms with Gasteiger partial charge in [0, 0.05) is 31.0 Å². The Kier molecular flexibility index (Phi) is 9.24. The first-order valence-corrected chi connectivity index (χ1v) is 13.1. The van der Waals surface area contributed by atoms with E-state index in [0.717, 1.165) is 22.6 Å². The number of carbonyl (C=O) groups excluding carboxylic acids is 1. The van der Waals surface area contributed by atoms with Crippen LogP contribution in [0.4, 0.5) is 5.69 Å². The summed E-state index contributed by atoms with van der Waals surface area (Å²) in [5, 5.41) is 2.92. The Labute approximate surface area is 185 Å². The van der Waals surface area contributed by atoms with Gasteiger partial charge in [-0.3, -0.25) is 9.10 Å². The molecular weight excluding hydrogens is 416 g/mol. The fourth-order valence-corrected chi connectivity index (χ4v) is 4.90. The molecule has 30 heavy (non-hydrogen) atoms. The second-order valence-corrected chi connectivity index (χ2v) is 10.6. The molecule has 0 aliphatic carbocycles. The maximum atomic E-state index is 12.3. The van der Waals surface area contributed by atoms with Crippen molar-refractivity contribution in [2.45, 2.75) is 39.4 Å². The van der Waals surface area contributed by atoms with Gasteiger partial charge >= 0.3 is 0 Å². The van der Waals surface area contributed by atoms with Gasteiger partial charge < -0.3 is 5.32 Å². The van der Waals surface area contributed by atoms with Crippen LogP contribution in [0.1, 0.15) is 35.1 Å². The Morgan fingerprint density at radius 3 is 2.37 bits per heavy atom. The van der Waals surface area contributed by atoms with Crippen molar-refractivity contribution in [3.8, 4) is 0 Å². The summed E-state index contributed by atoms with van der Waals surface area (Å²) in [6, 6.07) is 14.2. The highest BCUT2D eigenvalue weighted by molar-refractivity contribution is 7.98. The first-order valence-electron chi connectivity index (χ1n) is 10.1. The first kappa shape index (κ1) is 24.3. The molecule has 0 aliphatic heterocycles. The topological polar surface area (TPSA) is 66.5 Å². The average molecular weight is 449 g/mol. The van der Waals surface area contributed by atoms with Crippen LogP contribution in [0.3, 0.4) is 0 Å². The number of thioether (sulfide) groups is 1. The maximum Gasteiger partial charge on any atom is 0.232 e. The Hall–Kier alpha value is -1.99. The molecule has 7 heteroatoms. The summed E-state index contributed by atoms with van der Waals surface area (Å²) in [6.45, 7) is 6.81. The summed E-state index contributed by atoms with van der Waals surface area (Å²) < 4.78 is 25.9. The van der Waals surface area contributed by atoms with E-state index in [-0.39, 0.29) is 5.91 Å². The molecule has 0 unspecified atom stereocenters. The van der Waals surface area contributed by atoms with E-state index < -0.39 is 10.0 Å². The van der Waals surface area contributed by atoms with Gasteiger partial charge in [0.05, 0.1) is 11.9 Å². The van der Waals surface area contributed by atoms with Crippen molar-refractivity contribution >= 4 is 33.4 Å². The van der Waals surface area contributed by atoms with Gasteiger partial charge in [0.15, 0.2) is 0 Å². The summed E-state index contributed by atoms with van der Waals surface area (Å²) in [7, 11) is -3.41. The Morgan fingerprint density at radius 2 is 1.70 bits per heavy atom. The van der Waals surface area contributed by atoms with E-state index in [4.69, 9.17) is 0 Å². The normalized spacial score (nSPS) is 11.3. The molecule has 164 valence electrons. The molecule has 5 nitrogen and oxygen atoms in total. The Balaban J connectivity index is 1.73. The molecular formula is C23H32N2O3S2. The molecule has 0 aliphatic rings. The number of sulfonamides is 1. The van der Waals surface area contributed by atoms with Gasteiger partial charge in [-0.1, -0.05) is 42.0 Å². The third-order valence-electron chi connectivity index (χ3n) is 4.76. The molecule has 0 radical (unpaired) electrons. The molecule has 0 heterocycles. The lowest BCUT2D eigenvalue weighted by Gasteiger charge is -2.24. The summed E-state index contributed by atoms with van der Waals surface area (Å²) >= 11 is 1.78. The number of nitrogens with zero attached hydrogens (tertiary/aromatic N) is 1. The van der Waals surface area contributed by atoms with Gasteiger partial charge in [0.1, 0.15) is 0 Å². The maximum absolute atomic E-state index is 12.3. The van der Waals surface area contributed by atoms with Crippen LogP contribution in [0.2, 0.25) is 0 Å². The lowest BCUT2D eigenvalue weighted by atomic mass is 10.1. The zero-order valence-electron chi connectivity index (χ0n) is 18.3. The van der Waals surface area contributed by atoms with Gasteiger partial charge in [-0.15, -0.1) is 0 Å². The van der Waals surface area contributed by atoms with Crippen LogP contribution >= 0.6 is 11.8 Å². The molecule has 0 aromatic heterocycles. The van der Waals surface area contributed by atoms with E-state index in [9.17, 15) is 13.2 Å². The number of hydrogen-bond donors (Lipinski definition) is 1. The molecule has 1 N–H and O–H groups in total. The lowest BCUT2D eigenvalue weighted by Crippen LogP contribution is -2.33. The molecule has 0 saturated carbocycles. The van der Waals surface area contributed by atoms with Crippen molar-refractivity contribution in [2.75, 3.05) is 29.4 Å². The molecule has 2 aromatic rings.